The highest BCUT2D eigenvalue weighted by atomic mass is 16.3. The van der Waals surface area contributed by atoms with Gasteiger partial charge < -0.3 is 13.7 Å². The lowest BCUT2D eigenvalue weighted by Crippen LogP contribution is -2.36. The zero-order valence-corrected chi connectivity index (χ0v) is 37.9. The highest BCUT2D eigenvalue weighted by Gasteiger charge is 2.52. The maximum Gasteiger partial charge on any atom is 0.143 e. The number of para-hydroxylation sites is 5. The monoisotopic (exact) mass is 891 g/mol. The molecule has 1 aliphatic heterocycles. The maximum absolute atomic E-state index is 6.68. The average Bonchev–Trinajstić information content (AvgIpc) is 4.10. The van der Waals surface area contributed by atoms with E-state index >= 15 is 0 Å². The Hall–Kier alpha value is -9.18. The van der Waals surface area contributed by atoms with Crippen molar-refractivity contribution in [1.82, 2.24) is 0 Å². The molecule has 1 aliphatic carbocycles. The molecule has 3 heteroatoms. The summed E-state index contributed by atoms with van der Waals surface area (Å²) < 4.78 is 13.4. The Labute approximate surface area is 404 Å². The van der Waals surface area contributed by atoms with Crippen LogP contribution in [-0.2, 0) is 5.41 Å². The summed E-state index contributed by atoms with van der Waals surface area (Å²) in [6.07, 6.45) is 0. The predicted molar refractivity (Wildman–Crippen MR) is 288 cm³/mol. The molecule has 0 bridgehead atoms. The van der Waals surface area contributed by atoms with E-state index in [1.807, 2.05) is 12.1 Å². The second-order valence-electron chi connectivity index (χ2n) is 18.6. The molecule has 11 aromatic carbocycles. The van der Waals surface area contributed by atoms with Crippen molar-refractivity contribution < 1.29 is 8.83 Å². The molecular formula is C67H41NO2. The molecule has 0 fully saturated rings. The molecule has 0 unspecified atom stereocenters. The van der Waals surface area contributed by atoms with Gasteiger partial charge in [0.25, 0.3) is 0 Å². The molecule has 326 valence electrons. The number of benzene rings is 11. The van der Waals surface area contributed by atoms with Crippen LogP contribution in [0.2, 0.25) is 0 Å². The fourth-order valence-corrected chi connectivity index (χ4v) is 12.2. The van der Waals surface area contributed by atoms with Gasteiger partial charge in [0, 0.05) is 38.4 Å². The van der Waals surface area contributed by atoms with Crippen LogP contribution in [0.3, 0.4) is 0 Å². The van der Waals surface area contributed by atoms with Crippen LogP contribution >= 0.6 is 0 Å². The van der Waals surface area contributed by atoms with E-state index in [9.17, 15) is 0 Å². The minimum absolute atomic E-state index is 0.684. The Balaban J connectivity index is 1.01. The molecule has 0 N–H and O–H groups in total. The van der Waals surface area contributed by atoms with E-state index in [1.165, 1.54) is 33.4 Å². The lowest BCUT2D eigenvalue weighted by molar-refractivity contribution is 0.669. The first-order valence-corrected chi connectivity index (χ1v) is 24.1. The normalized spacial score (nSPS) is 13.2. The minimum atomic E-state index is -0.684. The predicted octanol–water partition coefficient (Wildman–Crippen LogP) is 18.3. The van der Waals surface area contributed by atoms with Crippen LogP contribution < -0.4 is 4.90 Å². The minimum Gasteiger partial charge on any atom is -0.455 e. The molecule has 0 atom stereocenters. The highest BCUT2D eigenvalue weighted by molar-refractivity contribution is 6.12. The third kappa shape index (κ3) is 5.40. The molecule has 3 nitrogen and oxygen atoms in total. The first-order chi connectivity index (χ1) is 34.7. The quantitative estimate of drug-likeness (QED) is 0.172. The molecule has 0 saturated heterocycles. The van der Waals surface area contributed by atoms with Gasteiger partial charge in [0.2, 0.25) is 0 Å². The summed E-state index contributed by atoms with van der Waals surface area (Å²) in [4.78, 5) is 2.48. The van der Waals surface area contributed by atoms with Gasteiger partial charge in [-0.1, -0.05) is 200 Å². The number of furan rings is 2. The number of hydrogen-bond acceptors (Lipinski definition) is 3. The molecule has 3 heterocycles. The van der Waals surface area contributed by atoms with Crippen LogP contribution in [0.15, 0.2) is 258 Å². The molecular weight excluding hydrogens is 851 g/mol. The summed E-state index contributed by atoms with van der Waals surface area (Å²) in [6, 6.07) is 90.8. The lowest BCUT2D eigenvalue weighted by atomic mass is 9.64. The highest BCUT2D eigenvalue weighted by Crippen LogP contribution is 2.64. The Bertz CT molecular complexity index is 4010. The second kappa shape index (κ2) is 14.9. The zero-order chi connectivity index (χ0) is 45.9. The second-order valence-corrected chi connectivity index (χ2v) is 18.6. The largest absolute Gasteiger partial charge is 0.455 e. The van der Waals surface area contributed by atoms with Gasteiger partial charge in [-0.2, -0.15) is 0 Å². The molecule has 15 rings (SSSR count). The van der Waals surface area contributed by atoms with Crippen LogP contribution in [-0.4, -0.2) is 0 Å². The third-order valence-electron chi connectivity index (χ3n) is 15.1. The van der Waals surface area contributed by atoms with Crippen molar-refractivity contribution in [2.24, 2.45) is 0 Å². The van der Waals surface area contributed by atoms with Crippen LogP contribution in [0, 0.1) is 0 Å². The summed E-state index contributed by atoms with van der Waals surface area (Å²) in [5.41, 5.74) is 22.8. The number of hydrogen-bond donors (Lipinski definition) is 0. The number of rotatable bonds is 5. The molecule has 1 spiro atoms. The van der Waals surface area contributed by atoms with Gasteiger partial charge in [0.15, 0.2) is 0 Å². The SMILES string of the molecule is c1ccc(N2c3ccc(-c4ccccc4-c4cccc5c4oc4ccccc45)cc3C3(c4ccccc4-c4ccccc43)c3cc(-c4ccccc4-c4cccc5c4oc4ccccc45)ccc32)cc1. The van der Waals surface area contributed by atoms with Gasteiger partial charge in [-0.3, -0.25) is 0 Å². The molecule has 0 radical (unpaired) electrons. The summed E-state index contributed by atoms with van der Waals surface area (Å²) in [5, 5.41) is 4.49. The van der Waals surface area contributed by atoms with Crippen molar-refractivity contribution in [3.05, 3.63) is 271 Å². The van der Waals surface area contributed by atoms with E-state index in [-0.39, 0.29) is 0 Å². The zero-order valence-electron chi connectivity index (χ0n) is 37.9. The first-order valence-electron chi connectivity index (χ1n) is 24.1. The topological polar surface area (TPSA) is 29.5 Å². The van der Waals surface area contributed by atoms with E-state index in [2.05, 4.69) is 241 Å². The van der Waals surface area contributed by atoms with E-state index < -0.39 is 5.41 Å². The van der Waals surface area contributed by atoms with E-state index in [4.69, 9.17) is 8.83 Å². The van der Waals surface area contributed by atoms with Gasteiger partial charge in [0.1, 0.15) is 22.3 Å². The van der Waals surface area contributed by atoms with Crippen LogP contribution in [0.1, 0.15) is 22.3 Å². The standard InChI is InChI=1S/C67H41NO2/c1-2-18-44(19-3-1)68-61-38-36-42(45-20-4-6-22-47(45)53-28-16-30-55-51-26-10-14-34-63(51)69-65(53)55)40-59(61)67(57-32-12-8-24-49(57)50-25-9-13-33-58(50)67)60-41-43(37-39-62(60)68)46-21-5-7-23-48(46)54-29-17-31-56-52-27-11-15-35-64(52)70-66(54)56/h1-41H. The Morgan fingerprint density at radius 3 is 1.16 bits per heavy atom. The van der Waals surface area contributed by atoms with E-state index in [0.29, 0.717) is 0 Å². The average molecular weight is 892 g/mol. The van der Waals surface area contributed by atoms with Crippen molar-refractivity contribution >= 4 is 60.9 Å². The molecule has 13 aromatic rings. The Kier molecular flexibility index (Phi) is 8.28. The van der Waals surface area contributed by atoms with Crippen molar-refractivity contribution in [2.45, 2.75) is 5.41 Å². The molecule has 0 amide bonds. The van der Waals surface area contributed by atoms with Crippen molar-refractivity contribution in [3.8, 4) is 55.6 Å². The van der Waals surface area contributed by atoms with Crippen molar-refractivity contribution in [1.29, 1.82) is 0 Å². The molecule has 70 heavy (non-hydrogen) atoms. The van der Waals surface area contributed by atoms with Crippen LogP contribution in [0.4, 0.5) is 17.1 Å². The number of nitrogens with zero attached hydrogens (tertiary/aromatic N) is 1. The fourth-order valence-electron chi connectivity index (χ4n) is 12.2. The summed E-state index contributed by atoms with van der Waals surface area (Å²) in [5.74, 6) is 0. The summed E-state index contributed by atoms with van der Waals surface area (Å²) in [6.45, 7) is 0. The molecule has 0 saturated carbocycles. The van der Waals surface area contributed by atoms with Gasteiger partial charge >= 0.3 is 0 Å². The number of fused-ring (bicyclic) bond motifs is 15. The van der Waals surface area contributed by atoms with Gasteiger partial charge in [-0.25, -0.2) is 0 Å². The Morgan fingerprint density at radius 1 is 0.271 bits per heavy atom. The van der Waals surface area contributed by atoms with E-state index in [0.717, 1.165) is 105 Å². The van der Waals surface area contributed by atoms with Crippen LogP contribution in [0.5, 0.6) is 0 Å². The van der Waals surface area contributed by atoms with E-state index in [1.54, 1.807) is 0 Å². The van der Waals surface area contributed by atoms with Gasteiger partial charge in [0.05, 0.1) is 16.8 Å². The van der Waals surface area contributed by atoms with Gasteiger partial charge in [-0.05, 0) is 115 Å². The first kappa shape index (κ1) is 38.9. The maximum atomic E-state index is 6.68. The van der Waals surface area contributed by atoms with Gasteiger partial charge in [-0.15, -0.1) is 0 Å². The van der Waals surface area contributed by atoms with Crippen molar-refractivity contribution in [2.75, 3.05) is 4.90 Å². The molecule has 2 aromatic heterocycles. The summed E-state index contributed by atoms with van der Waals surface area (Å²) in [7, 11) is 0. The third-order valence-corrected chi connectivity index (χ3v) is 15.1. The lowest BCUT2D eigenvalue weighted by Gasteiger charge is -2.45. The molecule has 2 aliphatic rings. The Morgan fingerprint density at radius 2 is 0.657 bits per heavy atom. The van der Waals surface area contributed by atoms with Crippen molar-refractivity contribution in [3.63, 3.8) is 0 Å². The number of anilines is 3. The summed E-state index contributed by atoms with van der Waals surface area (Å²) >= 11 is 0. The van der Waals surface area contributed by atoms with Crippen LogP contribution in [0.25, 0.3) is 99.5 Å². The fraction of sp³-hybridized carbons (Fsp3) is 0.0149. The smallest absolute Gasteiger partial charge is 0.143 e.